The van der Waals surface area contributed by atoms with Crippen molar-refractivity contribution in [3.8, 4) is 5.69 Å². The Bertz CT molecular complexity index is 698. The number of hydroxylamine groups is 1. The van der Waals surface area contributed by atoms with Crippen LogP contribution in [0.15, 0.2) is 24.3 Å². The third-order valence-electron chi connectivity index (χ3n) is 3.61. The monoisotopic (exact) mass is 336 g/mol. The van der Waals surface area contributed by atoms with Gasteiger partial charge in [-0.05, 0) is 31.9 Å². The van der Waals surface area contributed by atoms with Gasteiger partial charge in [0.2, 0.25) is 0 Å². The molecule has 2 aromatic rings. The first-order valence-electron chi connectivity index (χ1n) is 7.41. The summed E-state index contributed by atoms with van der Waals surface area (Å²) in [5, 5.41) is 8.44. The van der Waals surface area contributed by atoms with E-state index >= 15 is 0 Å². The molecule has 8 heteroatoms. The number of para-hydroxylation sites is 1. The molecule has 0 unspecified atom stereocenters. The largest absolute Gasteiger partial charge is 0.350 e. The fourth-order valence-corrected chi connectivity index (χ4v) is 2.58. The molecule has 0 saturated carbocycles. The molecular formula is C15H17ClN4O3. The van der Waals surface area contributed by atoms with Crippen LogP contribution >= 0.6 is 11.6 Å². The number of aromatic nitrogens is 3. The Morgan fingerprint density at radius 3 is 3.00 bits per heavy atom. The highest BCUT2D eigenvalue weighted by Gasteiger charge is 2.21. The first kappa shape index (κ1) is 15.9. The van der Waals surface area contributed by atoms with E-state index in [1.54, 1.807) is 19.1 Å². The highest BCUT2D eigenvalue weighted by molar-refractivity contribution is 6.32. The van der Waals surface area contributed by atoms with E-state index in [0.29, 0.717) is 23.0 Å². The molecule has 1 aromatic heterocycles. The first-order valence-corrected chi connectivity index (χ1v) is 7.79. The van der Waals surface area contributed by atoms with Crippen LogP contribution in [0.5, 0.6) is 0 Å². The molecule has 2 heterocycles. The molecule has 1 amide bonds. The van der Waals surface area contributed by atoms with Crippen LogP contribution in [-0.2, 0) is 9.57 Å². The van der Waals surface area contributed by atoms with E-state index in [9.17, 15) is 4.79 Å². The van der Waals surface area contributed by atoms with Gasteiger partial charge in [0, 0.05) is 13.0 Å². The number of nitrogens with zero attached hydrogens (tertiary/aromatic N) is 3. The van der Waals surface area contributed by atoms with Crippen molar-refractivity contribution in [3.63, 3.8) is 0 Å². The van der Waals surface area contributed by atoms with Gasteiger partial charge in [-0.25, -0.2) is 15.0 Å². The van der Waals surface area contributed by atoms with Crippen molar-refractivity contribution < 1.29 is 14.4 Å². The number of benzene rings is 1. The lowest BCUT2D eigenvalue weighted by Gasteiger charge is -2.21. The van der Waals surface area contributed by atoms with Crippen molar-refractivity contribution in [1.29, 1.82) is 0 Å². The molecule has 122 valence electrons. The number of hydrogen-bond acceptors (Lipinski definition) is 5. The summed E-state index contributed by atoms with van der Waals surface area (Å²) >= 11 is 6.15. The van der Waals surface area contributed by atoms with Gasteiger partial charge in [-0.15, -0.1) is 5.10 Å². The van der Waals surface area contributed by atoms with Crippen molar-refractivity contribution in [2.45, 2.75) is 32.5 Å². The summed E-state index contributed by atoms with van der Waals surface area (Å²) < 4.78 is 6.91. The number of nitrogens with one attached hydrogen (secondary N) is 1. The average molecular weight is 337 g/mol. The van der Waals surface area contributed by atoms with E-state index < -0.39 is 12.2 Å². The zero-order valence-electron chi connectivity index (χ0n) is 12.7. The third kappa shape index (κ3) is 3.52. The topological polar surface area (TPSA) is 78.3 Å². The minimum Gasteiger partial charge on any atom is -0.350 e. The third-order valence-corrected chi connectivity index (χ3v) is 3.93. The summed E-state index contributed by atoms with van der Waals surface area (Å²) in [6, 6.07) is 7.22. The molecule has 7 nitrogen and oxygen atoms in total. The molecule has 1 saturated heterocycles. The lowest BCUT2D eigenvalue weighted by atomic mass is 10.2. The van der Waals surface area contributed by atoms with Crippen LogP contribution in [0.4, 0.5) is 0 Å². The molecule has 1 atom stereocenters. The number of hydrogen-bond donors (Lipinski definition) is 1. The minimum atomic E-state index is -0.463. The molecule has 1 fully saturated rings. The molecule has 0 radical (unpaired) electrons. The molecule has 1 aromatic carbocycles. The van der Waals surface area contributed by atoms with Gasteiger partial charge in [0.15, 0.2) is 12.0 Å². The maximum atomic E-state index is 12.2. The Labute approximate surface area is 138 Å². The second-order valence-electron chi connectivity index (χ2n) is 5.23. The quantitative estimate of drug-likeness (QED) is 0.867. The van der Waals surface area contributed by atoms with E-state index in [-0.39, 0.29) is 5.69 Å². The predicted molar refractivity (Wildman–Crippen MR) is 83.2 cm³/mol. The van der Waals surface area contributed by atoms with Crippen LogP contribution in [0.1, 0.15) is 35.4 Å². The molecule has 0 aliphatic carbocycles. The number of ether oxygens (including phenoxy) is 1. The van der Waals surface area contributed by atoms with Gasteiger partial charge < -0.3 is 4.74 Å². The van der Waals surface area contributed by atoms with Crippen molar-refractivity contribution in [3.05, 3.63) is 40.7 Å². The number of amides is 1. The predicted octanol–water partition coefficient (Wildman–Crippen LogP) is 2.42. The lowest BCUT2D eigenvalue weighted by Crippen LogP contribution is -2.33. The first-order chi connectivity index (χ1) is 11.2. The molecule has 1 N–H and O–H groups in total. The van der Waals surface area contributed by atoms with Crippen LogP contribution < -0.4 is 5.48 Å². The summed E-state index contributed by atoms with van der Waals surface area (Å²) in [6.07, 6.45) is 2.37. The Balaban J connectivity index is 1.71. The fraction of sp³-hybridized carbons (Fsp3) is 0.400. The minimum absolute atomic E-state index is 0.181. The average Bonchev–Trinajstić information content (AvgIpc) is 2.95. The van der Waals surface area contributed by atoms with Gasteiger partial charge in [-0.3, -0.25) is 4.79 Å². The van der Waals surface area contributed by atoms with Gasteiger partial charge in [-0.2, -0.15) is 0 Å². The summed E-state index contributed by atoms with van der Waals surface area (Å²) in [4.78, 5) is 17.5. The van der Waals surface area contributed by atoms with Gasteiger partial charge in [-0.1, -0.05) is 28.9 Å². The van der Waals surface area contributed by atoms with Gasteiger partial charge in [0.25, 0.3) is 5.91 Å². The Kier molecular flexibility index (Phi) is 4.90. The zero-order chi connectivity index (χ0) is 16.2. The van der Waals surface area contributed by atoms with E-state index in [2.05, 4.69) is 15.8 Å². The maximum Gasteiger partial charge on any atom is 0.297 e. The Morgan fingerprint density at radius 1 is 1.43 bits per heavy atom. The van der Waals surface area contributed by atoms with Crippen molar-refractivity contribution in [2.75, 3.05) is 6.61 Å². The summed E-state index contributed by atoms with van der Waals surface area (Å²) in [6.45, 7) is 2.39. The van der Waals surface area contributed by atoms with Crippen molar-refractivity contribution >= 4 is 17.5 Å². The number of carbonyl (C=O) groups is 1. The molecular weight excluding hydrogens is 320 g/mol. The molecule has 1 aliphatic heterocycles. The zero-order valence-corrected chi connectivity index (χ0v) is 13.4. The van der Waals surface area contributed by atoms with Crippen LogP contribution in [0.25, 0.3) is 5.69 Å². The van der Waals surface area contributed by atoms with E-state index in [1.807, 2.05) is 12.1 Å². The van der Waals surface area contributed by atoms with Crippen LogP contribution in [-0.4, -0.2) is 33.8 Å². The van der Waals surface area contributed by atoms with E-state index in [1.165, 1.54) is 4.68 Å². The molecule has 1 aliphatic rings. The van der Waals surface area contributed by atoms with E-state index in [0.717, 1.165) is 19.3 Å². The van der Waals surface area contributed by atoms with Gasteiger partial charge >= 0.3 is 0 Å². The number of carbonyl (C=O) groups excluding carboxylic acids is 1. The van der Waals surface area contributed by atoms with E-state index in [4.69, 9.17) is 21.2 Å². The molecule has 0 bridgehead atoms. The standard InChI is InChI=1S/C15H17ClN4O3/c1-10-14(15(21)18-23-13-8-4-5-9-22-13)17-19-20(10)12-7-3-2-6-11(12)16/h2-3,6-7,13H,4-5,8-9H2,1H3,(H,18,21)/t13-/m1/s1. The normalized spacial score (nSPS) is 17.9. The van der Waals surface area contributed by atoms with Crippen LogP contribution in [0.3, 0.4) is 0 Å². The highest BCUT2D eigenvalue weighted by atomic mass is 35.5. The van der Waals surface area contributed by atoms with Gasteiger partial charge in [0.05, 0.1) is 16.4 Å². The van der Waals surface area contributed by atoms with Gasteiger partial charge in [0.1, 0.15) is 0 Å². The fourth-order valence-electron chi connectivity index (χ4n) is 2.36. The number of halogens is 1. The molecule has 0 spiro atoms. The highest BCUT2D eigenvalue weighted by Crippen LogP contribution is 2.21. The summed E-state index contributed by atoms with van der Waals surface area (Å²) in [7, 11) is 0. The summed E-state index contributed by atoms with van der Waals surface area (Å²) in [5.41, 5.74) is 3.79. The van der Waals surface area contributed by atoms with Crippen LogP contribution in [0, 0.1) is 6.92 Å². The smallest absolute Gasteiger partial charge is 0.297 e. The van der Waals surface area contributed by atoms with Crippen LogP contribution in [0.2, 0.25) is 5.02 Å². The molecule has 23 heavy (non-hydrogen) atoms. The number of rotatable bonds is 4. The Morgan fingerprint density at radius 2 is 2.26 bits per heavy atom. The summed E-state index contributed by atoms with van der Waals surface area (Å²) in [5.74, 6) is -0.463. The van der Waals surface area contributed by atoms with Crippen molar-refractivity contribution in [2.24, 2.45) is 0 Å². The maximum absolute atomic E-state index is 12.2. The lowest BCUT2D eigenvalue weighted by molar-refractivity contribution is -0.186. The second-order valence-corrected chi connectivity index (χ2v) is 5.64. The molecule has 3 rings (SSSR count). The van der Waals surface area contributed by atoms with Crippen molar-refractivity contribution in [1.82, 2.24) is 20.5 Å². The second kappa shape index (κ2) is 7.08. The SMILES string of the molecule is Cc1c(C(=O)NO[C@@H]2CCCCO2)nnn1-c1ccccc1Cl. The Hall–Kier alpha value is -1.96.